The molecule has 4 nitrogen and oxygen atoms in total. The van der Waals surface area contributed by atoms with Gasteiger partial charge < -0.3 is 15.8 Å². The molecule has 0 unspecified atom stereocenters. The van der Waals surface area contributed by atoms with E-state index in [9.17, 15) is 10.0 Å². The highest BCUT2D eigenvalue weighted by atomic mass is 16.5. The average molecular weight is 146 g/mol. The molecule has 0 aromatic carbocycles. The Kier molecular flexibility index (Phi) is 2.80. The van der Waals surface area contributed by atoms with Crippen molar-refractivity contribution >= 4 is 5.97 Å². The molecular formula is C6H12NO3-. The second-order valence-corrected chi connectivity index (χ2v) is 3.26. The molecule has 0 heterocycles. The molecule has 1 atom stereocenters. The summed E-state index contributed by atoms with van der Waals surface area (Å²) >= 11 is 0. The maximum atomic E-state index is 10.3. The van der Waals surface area contributed by atoms with Gasteiger partial charge in [0, 0.05) is 0 Å². The smallest absolute Gasteiger partial charge is 0.320 e. The number of hydrogen-bond donors (Lipinski definition) is 2. The van der Waals surface area contributed by atoms with E-state index in [1.54, 1.807) is 20.8 Å². The Balaban J connectivity index is 4.22. The van der Waals surface area contributed by atoms with Gasteiger partial charge in [-0.15, -0.1) is 0 Å². The van der Waals surface area contributed by atoms with Crippen LogP contribution in [0.25, 0.3) is 0 Å². The molecule has 0 spiro atoms. The fourth-order valence-corrected chi connectivity index (χ4v) is 0.598. The zero-order valence-electron chi connectivity index (χ0n) is 6.34. The van der Waals surface area contributed by atoms with Crippen LogP contribution in [0, 0.1) is 10.6 Å². The van der Waals surface area contributed by atoms with Gasteiger partial charge in [0.25, 0.3) is 0 Å². The van der Waals surface area contributed by atoms with Gasteiger partial charge in [-0.1, -0.05) is 20.8 Å². The second-order valence-electron chi connectivity index (χ2n) is 3.26. The molecule has 0 amide bonds. The van der Waals surface area contributed by atoms with E-state index in [2.05, 4.69) is 0 Å². The molecule has 0 aromatic rings. The normalized spacial score (nSPS) is 14.8. The first-order chi connectivity index (χ1) is 4.39. The van der Waals surface area contributed by atoms with E-state index < -0.39 is 17.4 Å². The minimum Gasteiger partial charge on any atom is -0.787 e. The Bertz CT molecular complexity index is 127. The standard InChI is InChI=1S/C6H12NO3/c1-6(2,3)4(7-10)5(8)9/h4,7H,1-3H3,(H,8,9)/q-1/t4-/m1/s1. The van der Waals surface area contributed by atoms with E-state index in [0.717, 1.165) is 0 Å². The first-order valence-corrected chi connectivity index (χ1v) is 3.00. The molecular weight excluding hydrogens is 134 g/mol. The van der Waals surface area contributed by atoms with Crippen molar-refractivity contribution in [3.8, 4) is 0 Å². The minimum absolute atomic E-state index is 0.534. The van der Waals surface area contributed by atoms with Gasteiger partial charge in [-0.05, 0) is 5.41 Å². The first-order valence-electron chi connectivity index (χ1n) is 3.00. The Morgan fingerprint density at radius 3 is 2.00 bits per heavy atom. The fraction of sp³-hybridized carbons (Fsp3) is 0.833. The zero-order chi connectivity index (χ0) is 8.36. The largest absolute Gasteiger partial charge is 0.787 e. The second kappa shape index (κ2) is 2.98. The molecule has 0 saturated carbocycles. The van der Waals surface area contributed by atoms with E-state index in [1.165, 1.54) is 5.48 Å². The van der Waals surface area contributed by atoms with Gasteiger partial charge >= 0.3 is 5.97 Å². The third-order valence-electron chi connectivity index (χ3n) is 1.23. The number of hydroxylamine groups is 1. The summed E-state index contributed by atoms with van der Waals surface area (Å²) in [6, 6.07) is -1.02. The molecule has 2 N–H and O–H groups in total. The van der Waals surface area contributed by atoms with Crippen LogP contribution < -0.4 is 5.48 Å². The first kappa shape index (κ1) is 9.39. The number of aliphatic carboxylic acids is 1. The number of nitrogens with one attached hydrogen (secondary N) is 1. The van der Waals surface area contributed by atoms with Crippen molar-refractivity contribution in [2.75, 3.05) is 0 Å². The van der Waals surface area contributed by atoms with Crippen molar-refractivity contribution in [2.45, 2.75) is 26.8 Å². The third-order valence-corrected chi connectivity index (χ3v) is 1.23. The lowest BCUT2D eigenvalue weighted by Crippen LogP contribution is -2.43. The van der Waals surface area contributed by atoms with Crippen LogP contribution in [0.2, 0.25) is 0 Å². The fourth-order valence-electron chi connectivity index (χ4n) is 0.598. The van der Waals surface area contributed by atoms with Gasteiger partial charge in [0.2, 0.25) is 0 Å². The van der Waals surface area contributed by atoms with Crippen molar-refractivity contribution in [3.05, 3.63) is 5.21 Å². The van der Waals surface area contributed by atoms with E-state index in [4.69, 9.17) is 5.11 Å². The van der Waals surface area contributed by atoms with Crippen molar-refractivity contribution in [2.24, 2.45) is 5.41 Å². The molecule has 0 aliphatic rings. The molecule has 0 bridgehead atoms. The maximum absolute atomic E-state index is 10.3. The molecule has 0 aliphatic carbocycles. The lowest BCUT2D eigenvalue weighted by Gasteiger charge is -2.30. The summed E-state index contributed by atoms with van der Waals surface area (Å²) < 4.78 is 0. The predicted octanol–water partition coefficient (Wildman–Crippen LogP) is 0.573. The van der Waals surface area contributed by atoms with Gasteiger partial charge in [-0.3, -0.25) is 4.79 Å². The summed E-state index contributed by atoms with van der Waals surface area (Å²) in [4.78, 5) is 10.3. The lowest BCUT2D eigenvalue weighted by atomic mass is 9.87. The number of carboxylic acids is 1. The van der Waals surface area contributed by atoms with Gasteiger partial charge in [-0.2, -0.15) is 0 Å². The number of carbonyl (C=O) groups is 1. The lowest BCUT2D eigenvalue weighted by molar-refractivity contribution is -0.141. The number of rotatable bonds is 2. The van der Waals surface area contributed by atoms with Crippen LogP contribution in [0.3, 0.4) is 0 Å². The van der Waals surface area contributed by atoms with Crippen LogP contribution in [0.1, 0.15) is 20.8 Å². The van der Waals surface area contributed by atoms with Crippen LogP contribution in [-0.4, -0.2) is 17.1 Å². The quantitative estimate of drug-likeness (QED) is 0.559. The molecule has 60 valence electrons. The highest BCUT2D eigenvalue weighted by Gasteiger charge is 2.27. The van der Waals surface area contributed by atoms with Crippen molar-refractivity contribution < 1.29 is 9.90 Å². The molecule has 0 saturated heterocycles. The third kappa shape index (κ3) is 2.33. The van der Waals surface area contributed by atoms with E-state index in [-0.39, 0.29) is 0 Å². The average Bonchev–Trinajstić information content (AvgIpc) is 1.60. The summed E-state index contributed by atoms with van der Waals surface area (Å²) in [5.74, 6) is -1.11. The number of hydrogen-bond acceptors (Lipinski definition) is 3. The van der Waals surface area contributed by atoms with Crippen LogP contribution in [0.4, 0.5) is 0 Å². The maximum Gasteiger partial charge on any atom is 0.320 e. The van der Waals surface area contributed by atoms with Crippen molar-refractivity contribution in [3.63, 3.8) is 0 Å². The van der Waals surface area contributed by atoms with E-state index >= 15 is 0 Å². The Labute approximate surface area is 59.8 Å². The highest BCUT2D eigenvalue weighted by molar-refractivity contribution is 5.74. The summed E-state index contributed by atoms with van der Waals surface area (Å²) in [5.41, 5.74) is 0.958. The van der Waals surface area contributed by atoms with Gasteiger partial charge in [0.15, 0.2) is 0 Å². The molecule has 4 heteroatoms. The molecule has 0 rings (SSSR count). The van der Waals surface area contributed by atoms with Crippen molar-refractivity contribution in [1.29, 1.82) is 0 Å². The SMILES string of the molecule is CC(C)(C)[C@H](N[O-])C(=O)O. The highest BCUT2D eigenvalue weighted by Crippen LogP contribution is 2.18. The van der Waals surface area contributed by atoms with Gasteiger partial charge in [0.05, 0.1) is 6.04 Å². The molecule has 10 heavy (non-hydrogen) atoms. The zero-order valence-corrected chi connectivity index (χ0v) is 6.34. The van der Waals surface area contributed by atoms with Gasteiger partial charge in [0.1, 0.15) is 0 Å². The summed E-state index contributed by atoms with van der Waals surface area (Å²) in [7, 11) is 0. The molecule has 0 aromatic heterocycles. The van der Waals surface area contributed by atoms with E-state index in [1.807, 2.05) is 0 Å². The Morgan fingerprint density at radius 1 is 1.60 bits per heavy atom. The van der Waals surface area contributed by atoms with Crippen LogP contribution >= 0.6 is 0 Å². The van der Waals surface area contributed by atoms with Crippen molar-refractivity contribution in [1.82, 2.24) is 5.48 Å². The van der Waals surface area contributed by atoms with Gasteiger partial charge in [-0.25, -0.2) is 0 Å². The Morgan fingerprint density at radius 2 is 2.00 bits per heavy atom. The molecule has 0 aliphatic heterocycles. The molecule has 0 radical (unpaired) electrons. The summed E-state index contributed by atoms with van der Waals surface area (Å²) in [6.07, 6.45) is 0. The van der Waals surface area contributed by atoms with Crippen LogP contribution in [0.5, 0.6) is 0 Å². The monoisotopic (exact) mass is 146 g/mol. The molecule has 0 fully saturated rings. The predicted molar refractivity (Wildman–Crippen MR) is 37.4 cm³/mol. The summed E-state index contributed by atoms with van der Waals surface area (Å²) in [5, 5.41) is 18.5. The minimum atomic E-state index is -1.11. The topological polar surface area (TPSA) is 72.4 Å². The number of carboxylic acid groups (broad SMARTS) is 1. The Hall–Kier alpha value is -0.610. The van der Waals surface area contributed by atoms with Crippen LogP contribution in [0.15, 0.2) is 0 Å². The van der Waals surface area contributed by atoms with Crippen LogP contribution in [-0.2, 0) is 4.79 Å². The van der Waals surface area contributed by atoms with E-state index in [0.29, 0.717) is 0 Å². The summed E-state index contributed by atoms with van der Waals surface area (Å²) in [6.45, 7) is 5.07.